The summed E-state index contributed by atoms with van der Waals surface area (Å²) in [7, 11) is -1.20. The van der Waals surface area contributed by atoms with Gasteiger partial charge in [-0.15, -0.1) is 0 Å². The highest BCUT2D eigenvalue weighted by atomic mass is 28.3. The summed E-state index contributed by atoms with van der Waals surface area (Å²) in [6.45, 7) is 11.5. The zero-order chi connectivity index (χ0) is 15.6. The third-order valence-electron chi connectivity index (χ3n) is 4.43. The summed E-state index contributed by atoms with van der Waals surface area (Å²) >= 11 is 0. The minimum absolute atomic E-state index is 1.08. The summed E-state index contributed by atoms with van der Waals surface area (Å²) in [4.78, 5) is 2.45. The highest BCUT2D eigenvalue weighted by Gasteiger charge is 2.16. The van der Waals surface area contributed by atoms with Crippen molar-refractivity contribution in [2.75, 3.05) is 31.1 Å². The summed E-state index contributed by atoms with van der Waals surface area (Å²) in [6, 6.07) is 18.2. The van der Waals surface area contributed by atoms with Crippen molar-refractivity contribution in [3.63, 3.8) is 0 Å². The zero-order valence-corrected chi connectivity index (χ0v) is 14.9. The predicted octanol–water partition coefficient (Wildman–Crippen LogP) is 3.31. The van der Waals surface area contributed by atoms with Gasteiger partial charge in [-0.05, 0) is 23.3 Å². The quantitative estimate of drug-likeness (QED) is 0.875. The Morgan fingerprint density at radius 3 is 1.77 bits per heavy atom. The zero-order valence-electron chi connectivity index (χ0n) is 13.9. The van der Waals surface area contributed by atoms with Gasteiger partial charge in [-0.25, -0.2) is 0 Å². The Morgan fingerprint density at radius 2 is 1.27 bits per heavy atom. The monoisotopic (exact) mass is 310 g/mol. The van der Waals surface area contributed by atoms with Gasteiger partial charge in [0.25, 0.3) is 0 Å². The van der Waals surface area contributed by atoms with E-state index in [0.717, 1.165) is 26.2 Å². The molecule has 1 N–H and O–H groups in total. The lowest BCUT2D eigenvalue weighted by Gasteiger charge is -2.29. The van der Waals surface area contributed by atoms with Crippen molar-refractivity contribution >= 4 is 18.9 Å². The van der Waals surface area contributed by atoms with Gasteiger partial charge in [0.15, 0.2) is 0 Å². The van der Waals surface area contributed by atoms with E-state index in [1.807, 2.05) is 0 Å². The lowest BCUT2D eigenvalue weighted by Crippen LogP contribution is -2.43. The van der Waals surface area contributed by atoms with E-state index in [1.54, 1.807) is 0 Å². The fourth-order valence-electron chi connectivity index (χ4n) is 2.95. The Morgan fingerprint density at radius 1 is 0.773 bits per heavy atom. The largest absolute Gasteiger partial charge is 0.369 e. The van der Waals surface area contributed by atoms with Crippen molar-refractivity contribution in [1.82, 2.24) is 5.32 Å². The van der Waals surface area contributed by atoms with E-state index >= 15 is 0 Å². The van der Waals surface area contributed by atoms with Gasteiger partial charge in [-0.1, -0.05) is 61.2 Å². The molecule has 1 fully saturated rings. The van der Waals surface area contributed by atoms with Crippen molar-refractivity contribution in [1.29, 1.82) is 0 Å². The first kappa shape index (κ1) is 15.3. The molecule has 0 unspecified atom stereocenters. The van der Waals surface area contributed by atoms with E-state index in [1.165, 1.54) is 22.0 Å². The van der Waals surface area contributed by atoms with Crippen molar-refractivity contribution in [3.8, 4) is 11.1 Å². The summed E-state index contributed by atoms with van der Waals surface area (Å²) in [6.07, 6.45) is 0. The molecule has 2 aromatic rings. The average molecular weight is 311 g/mol. The van der Waals surface area contributed by atoms with Crippen LogP contribution in [0.15, 0.2) is 48.5 Å². The molecule has 116 valence electrons. The third kappa shape index (κ3) is 3.42. The number of nitrogens with one attached hydrogen (secondary N) is 1. The van der Waals surface area contributed by atoms with Crippen molar-refractivity contribution < 1.29 is 0 Å². The first-order chi connectivity index (χ1) is 10.5. The molecule has 3 rings (SSSR count). The highest BCUT2D eigenvalue weighted by Crippen LogP contribution is 2.23. The second-order valence-electron chi connectivity index (χ2n) is 7.11. The standard InChI is InChI=1S/C19H26N2Si/c1-22(2,3)19-10-6-17(7-11-19)16-4-8-18(9-5-16)21-14-12-20-13-15-21/h4-11,20H,12-15H2,1-3H3. The molecule has 0 atom stereocenters. The van der Waals surface area contributed by atoms with Crippen LogP contribution in [-0.4, -0.2) is 34.3 Å². The molecule has 0 aromatic heterocycles. The third-order valence-corrected chi connectivity index (χ3v) is 6.50. The fraction of sp³-hybridized carbons (Fsp3) is 0.368. The maximum absolute atomic E-state index is 3.40. The lowest BCUT2D eigenvalue weighted by molar-refractivity contribution is 0.589. The smallest absolute Gasteiger partial charge is 0.0775 e. The predicted molar refractivity (Wildman–Crippen MR) is 99.9 cm³/mol. The van der Waals surface area contributed by atoms with Crippen molar-refractivity contribution in [3.05, 3.63) is 48.5 Å². The number of nitrogens with zero attached hydrogens (tertiary/aromatic N) is 1. The summed E-state index contributed by atoms with van der Waals surface area (Å²) < 4.78 is 0. The SMILES string of the molecule is C[Si](C)(C)c1ccc(-c2ccc(N3CCNCC3)cc2)cc1. The van der Waals surface area contributed by atoms with E-state index in [0.29, 0.717) is 0 Å². The molecule has 1 aliphatic rings. The van der Waals surface area contributed by atoms with Crippen LogP contribution in [0.1, 0.15) is 0 Å². The second-order valence-corrected chi connectivity index (χ2v) is 12.2. The molecule has 22 heavy (non-hydrogen) atoms. The molecule has 2 aromatic carbocycles. The van der Waals surface area contributed by atoms with E-state index in [9.17, 15) is 0 Å². The second kappa shape index (κ2) is 6.27. The van der Waals surface area contributed by atoms with Crippen LogP contribution in [0.3, 0.4) is 0 Å². The molecule has 0 bridgehead atoms. The lowest BCUT2D eigenvalue weighted by atomic mass is 10.1. The number of piperazine rings is 1. The fourth-order valence-corrected chi connectivity index (χ4v) is 4.12. The Bertz CT molecular complexity index is 605. The van der Waals surface area contributed by atoms with Crippen molar-refractivity contribution in [2.45, 2.75) is 19.6 Å². The van der Waals surface area contributed by atoms with E-state index in [4.69, 9.17) is 0 Å². The van der Waals surface area contributed by atoms with Gasteiger partial charge >= 0.3 is 0 Å². The Labute approximate surface area is 135 Å². The first-order valence-electron chi connectivity index (χ1n) is 8.21. The van der Waals surface area contributed by atoms with Crippen LogP contribution >= 0.6 is 0 Å². The molecule has 0 aliphatic carbocycles. The molecular weight excluding hydrogens is 284 g/mol. The van der Waals surface area contributed by atoms with Crippen LogP contribution in [0.2, 0.25) is 19.6 Å². The van der Waals surface area contributed by atoms with Gasteiger partial charge in [0.2, 0.25) is 0 Å². The number of hydrogen-bond donors (Lipinski definition) is 1. The molecule has 0 saturated carbocycles. The number of anilines is 1. The number of rotatable bonds is 3. The van der Waals surface area contributed by atoms with Crippen LogP contribution in [0.4, 0.5) is 5.69 Å². The van der Waals surface area contributed by atoms with E-state index in [2.05, 4.69) is 78.4 Å². The van der Waals surface area contributed by atoms with E-state index in [-0.39, 0.29) is 0 Å². The first-order valence-corrected chi connectivity index (χ1v) is 11.7. The van der Waals surface area contributed by atoms with Crippen molar-refractivity contribution in [2.24, 2.45) is 0 Å². The normalized spacial score (nSPS) is 15.9. The summed E-state index contributed by atoms with van der Waals surface area (Å²) in [5.41, 5.74) is 3.96. The highest BCUT2D eigenvalue weighted by molar-refractivity contribution is 6.88. The average Bonchev–Trinajstić information content (AvgIpc) is 2.55. The Balaban J connectivity index is 1.77. The van der Waals surface area contributed by atoms with Crippen LogP contribution in [-0.2, 0) is 0 Å². The molecule has 2 nitrogen and oxygen atoms in total. The van der Waals surface area contributed by atoms with Crippen LogP contribution < -0.4 is 15.4 Å². The van der Waals surface area contributed by atoms with E-state index < -0.39 is 8.07 Å². The summed E-state index contributed by atoms with van der Waals surface area (Å²) in [5, 5.41) is 4.92. The maximum atomic E-state index is 3.40. The van der Waals surface area contributed by atoms with Gasteiger partial charge < -0.3 is 10.2 Å². The maximum Gasteiger partial charge on any atom is 0.0775 e. The van der Waals surface area contributed by atoms with Gasteiger partial charge in [-0.3, -0.25) is 0 Å². The molecule has 1 saturated heterocycles. The van der Waals surface area contributed by atoms with Crippen LogP contribution in [0.25, 0.3) is 11.1 Å². The van der Waals surface area contributed by atoms with Crippen LogP contribution in [0.5, 0.6) is 0 Å². The van der Waals surface area contributed by atoms with Gasteiger partial charge in [0, 0.05) is 31.9 Å². The Kier molecular flexibility index (Phi) is 4.36. The molecule has 1 heterocycles. The minimum Gasteiger partial charge on any atom is -0.369 e. The minimum atomic E-state index is -1.20. The van der Waals surface area contributed by atoms with Gasteiger partial charge in [-0.2, -0.15) is 0 Å². The molecular formula is C19H26N2Si. The molecule has 0 amide bonds. The molecule has 0 radical (unpaired) electrons. The van der Waals surface area contributed by atoms with Gasteiger partial charge in [0.05, 0.1) is 8.07 Å². The molecule has 0 spiro atoms. The topological polar surface area (TPSA) is 15.3 Å². The van der Waals surface area contributed by atoms with Gasteiger partial charge in [0.1, 0.15) is 0 Å². The number of benzene rings is 2. The number of hydrogen-bond acceptors (Lipinski definition) is 2. The molecule has 3 heteroatoms. The summed E-state index contributed by atoms with van der Waals surface area (Å²) in [5.74, 6) is 0. The Hall–Kier alpha value is -1.58. The molecule has 1 aliphatic heterocycles. The van der Waals surface area contributed by atoms with Crippen LogP contribution in [0, 0.1) is 0 Å².